The average molecular weight is 264 g/mol. The van der Waals surface area contributed by atoms with Gasteiger partial charge >= 0.3 is 5.97 Å². The molecule has 1 rings (SSSR count). The summed E-state index contributed by atoms with van der Waals surface area (Å²) < 4.78 is 0. The fourth-order valence-corrected chi connectivity index (χ4v) is 2.05. The Hall–Kier alpha value is -1.71. The number of anilines is 2. The van der Waals surface area contributed by atoms with Gasteiger partial charge in [0.25, 0.3) is 0 Å². The van der Waals surface area contributed by atoms with Crippen LogP contribution in [0.2, 0.25) is 0 Å². The molecule has 1 aromatic carbocycles. The second-order valence-electron chi connectivity index (χ2n) is 5.23. The summed E-state index contributed by atoms with van der Waals surface area (Å²) in [5, 5.41) is 8.83. The summed E-state index contributed by atoms with van der Waals surface area (Å²) in [5.41, 5.74) is 7.61. The van der Waals surface area contributed by atoms with Crippen LogP contribution in [0.3, 0.4) is 0 Å². The molecular weight excluding hydrogens is 240 g/mol. The molecule has 0 heterocycles. The first-order chi connectivity index (χ1) is 9.00. The highest BCUT2D eigenvalue weighted by Gasteiger charge is 2.11. The summed E-state index contributed by atoms with van der Waals surface area (Å²) >= 11 is 0. The topological polar surface area (TPSA) is 66.6 Å². The summed E-state index contributed by atoms with van der Waals surface area (Å²) in [7, 11) is 0. The average Bonchev–Trinajstić information content (AvgIpc) is 2.34. The van der Waals surface area contributed by atoms with Gasteiger partial charge in [0, 0.05) is 13.1 Å². The number of nitrogen functional groups attached to an aromatic ring is 1. The SMILES string of the molecule is CC(C)CCCN(CCC(=O)O)c1ccccc1N. The maximum atomic E-state index is 10.7. The lowest BCUT2D eigenvalue weighted by Crippen LogP contribution is -2.28. The Morgan fingerprint density at radius 1 is 1.32 bits per heavy atom. The largest absolute Gasteiger partial charge is 0.481 e. The maximum absolute atomic E-state index is 10.7. The highest BCUT2D eigenvalue weighted by Crippen LogP contribution is 2.23. The first-order valence-corrected chi connectivity index (χ1v) is 6.82. The number of nitrogens with two attached hydrogens (primary N) is 1. The number of carboxylic acid groups (broad SMARTS) is 1. The van der Waals surface area contributed by atoms with E-state index in [-0.39, 0.29) is 6.42 Å². The van der Waals surface area contributed by atoms with Crippen LogP contribution in [0.1, 0.15) is 33.1 Å². The number of aliphatic carboxylic acids is 1. The molecule has 0 spiro atoms. The van der Waals surface area contributed by atoms with E-state index in [1.165, 1.54) is 0 Å². The molecule has 106 valence electrons. The predicted octanol–water partition coefficient (Wildman–Crippen LogP) is 2.99. The maximum Gasteiger partial charge on any atom is 0.305 e. The number of hydrogen-bond donors (Lipinski definition) is 2. The molecule has 0 amide bonds. The third-order valence-corrected chi connectivity index (χ3v) is 3.08. The molecule has 4 nitrogen and oxygen atoms in total. The first kappa shape index (κ1) is 15.3. The van der Waals surface area contributed by atoms with Gasteiger partial charge in [0.15, 0.2) is 0 Å². The van der Waals surface area contributed by atoms with E-state index in [1.807, 2.05) is 24.3 Å². The van der Waals surface area contributed by atoms with Crippen LogP contribution < -0.4 is 10.6 Å². The van der Waals surface area contributed by atoms with Crippen LogP contribution in [0.25, 0.3) is 0 Å². The fraction of sp³-hybridized carbons (Fsp3) is 0.533. The Balaban J connectivity index is 2.68. The van der Waals surface area contributed by atoms with Crippen LogP contribution in [-0.4, -0.2) is 24.2 Å². The summed E-state index contributed by atoms with van der Waals surface area (Å²) in [6.45, 7) is 5.73. The van der Waals surface area contributed by atoms with E-state index < -0.39 is 5.97 Å². The lowest BCUT2D eigenvalue weighted by Gasteiger charge is -2.26. The molecule has 0 fully saturated rings. The van der Waals surface area contributed by atoms with Crippen LogP contribution in [0.5, 0.6) is 0 Å². The lowest BCUT2D eigenvalue weighted by atomic mass is 10.1. The van der Waals surface area contributed by atoms with E-state index in [9.17, 15) is 4.79 Å². The molecule has 19 heavy (non-hydrogen) atoms. The zero-order valence-electron chi connectivity index (χ0n) is 11.8. The smallest absolute Gasteiger partial charge is 0.305 e. The Morgan fingerprint density at radius 2 is 2.00 bits per heavy atom. The van der Waals surface area contributed by atoms with Gasteiger partial charge in [-0.2, -0.15) is 0 Å². The fourth-order valence-electron chi connectivity index (χ4n) is 2.05. The minimum Gasteiger partial charge on any atom is -0.481 e. The van der Waals surface area contributed by atoms with Crippen molar-refractivity contribution in [2.24, 2.45) is 5.92 Å². The van der Waals surface area contributed by atoms with Gasteiger partial charge in [0.05, 0.1) is 17.8 Å². The van der Waals surface area contributed by atoms with Crippen molar-refractivity contribution < 1.29 is 9.90 Å². The quantitative estimate of drug-likeness (QED) is 0.708. The van der Waals surface area contributed by atoms with Crippen molar-refractivity contribution >= 4 is 17.3 Å². The van der Waals surface area contributed by atoms with E-state index in [4.69, 9.17) is 10.8 Å². The zero-order valence-corrected chi connectivity index (χ0v) is 11.8. The normalized spacial score (nSPS) is 10.7. The minimum absolute atomic E-state index is 0.135. The van der Waals surface area contributed by atoms with Crippen molar-refractivity contribution in [3.05, 3.63) is 24.3 Å². The van der Waals surface area contributed by atoms with E-state index in [2.05, 4.69) is 18.7 Å². The van der Waals surface area contributed by atoms with Gasteiger partial charge in [-0.15, -0.1) is 0 Å². The summed E-state index contributed by atoms with van der Waals surface area (Å²) in [5.74, 6) is -0.113. The lowest BCUT2D eigenvalue weighted by molar-refractivity contribution is -0.136. The van der Waals surface area contributed by atoms with E-state index in [1.54, 1.807) is 0 Å². The minimum atomic E-state index is -0.775. The van der Waals surface area contributed by atoms with Gasteiger partial charge in [-0.25, -0.2) is 0 Å². The number of carbonyl (C=O) groups is 1. The third kappa shape index (κ3) is 5.64. The summed E-state index contributed by atoms with van der Waals surface area (Å²) in [6, 6.07) is 7.63. The van der Waals surface area contributed by atoms with Crippen LogP contribution >= 0.6 is 0 Å². The molecule has 0 aliphatic rings. The van der Waals surface area contributed by atoms with Crippen molar-refractivity contribution in [2.75, 3.05) is 23.7 Å². The molecule has 0 atom stereocenters. The Morgan fingerprint density at radius 3 is 2.58 bits per heavy atom. The van der Waals surface area contributed by atoms with Crippen LogP contribution in [0.4, 0.5) is 11.4 Å². The standard InChI is InChI=1S/C15H24N2O2/c1-12(2)6-5-10-17(11-9-15(18)19)14-8-4-3-7-13(14)16/h3-4,7-8,12H,5-6,9-11,16H2,1-2H3,(H,18,19). The summed E-state index contributed by atoms with van der Waals surface area (Å²) in [4.78, 5) is 12.8. The molecule has 0 radical (unpaired) electrons. The van der Waals surface area contributed by atoms with Gasteiger partial charge in [-0.05, 0) is 30.9 Å². The van der Waals surface area contributed by atoms with Crippen LogP contribution in [0.15, 0.2) is 24.3 Å². The van der Waals surface area contributed by atoms with Gasteiger partial charge < -0.3 is 15.7 Å². The van der Waals surface area contributed by atoms with E-state index >= 15 is 0 Å². The number of hydrogen-bond acceptors (Lipinski definition) is 3. The predicted molar refractivity (Wildman–Crippen MR) is 79.4 cm³/mol. The van der Waals surface area contributed by atoms with Crippen molar-refractivity contribution in [1.82, 2.24) is 0 Å². The number of rotatable bonds is 8. The molecule has 0 aliphatic heterocycles. The summed E-state index contributed by atoms with van der Waals surface area (Å²) in [6.07, 6.45) is 2.32. The Labute approximate surface area is 115 Å². The molecule has 3 N–H and O–H groups in total. The van der Waals surface area contributed by atoms with Gasteiger partial charge in [-0.1, -0.05) is 26.0 Å². The van der Waals surface area contributed by atoms with E-state index in [0.29, 0.717) is 18.2 Å². The monoisotopic (exact) mass is 264 g/mol. The van der Waals surface area contributed by atoms with Crippen LogP contribution in [-0.2, 0) is 4.79 Å². The molecule has 0 saturated carbocycles. The zero-order chi connectivity index (χ0) is 14.3. The second kappa shape index (κ2) is 7.67. The molecule has 0 bridgehead atoms. The number of para-hydroxylation sites is 2. The number of benzene rings is 1. The molecule has 0 aliphatic carbocycles. The number of nitrogens with zero attached hydrogens (tertiary/aromatic N) is 1. The first-order valence-electron chi connectivity index (χ1n) is 6.82. The molecule has 0 aromatic heterocycles. The van der Waals surface area contributed by atoms with Gasteiger partial charge in [0.2, 0.25) is 0 Å². The van der Waals surface area contributed by atoms with Crippen LogP contribution in [0, 0.1) is 5.92 Å². The van der Waals surface area contributed by atoms with Crippen molar-refractivity contribution in [3.63, 3.8) is 0 Å². The van der Waals surface area contributed by atoms with Gasteiger partial charge in [0.1, 0.15) is 0 Å². The second-order valence-corrected chi connectivity index (χ2v) is 5.23. The van der Waals surface area contributed by atoms with Crippen molar-refractivity contribution in [3.8, 4) is 0 Å². The molecule has 4 heteroatoms. The van der Waals surface area contributed by atoms with E-state index in [0.717, 1.165) is 25.1 Å². The Kier molecular flexibility index (Phi) is 6.19. The highest BCUT2D eigenvalue weighted by molar-refractivity contribution is 5.70. The van der Waals surface area contributed by atoms with Crippen molar-refractivity contribution in [1.29, 1.82) is 0 Å². The molecule has 1 aromatic rings. The molecule has 0 saturated heterocycles. The van der Waals surface area contributed by atoms with Crippen molar-refractivity contribution in [2.45, 2.75) is 33.1 Å². The third-order valence-electron chi connectivity index (χ3n) is 3.08. The molecular formula is C15H24N2O2. The highest BCUT2D eigenvalue weighted by atomic mass is 16.4. The molecule has 0 unspecified atom stereocenters. The Bertz CT molecular complexity index is 405. The number of carboxylic acids is 1. The van der Waals surface area contributed by atoms with Gasteiger partial charge in [-0.3, -0.25) is 4.79 Å².